The number of rotatable bonds is 7. The van der Waals surface area contributed by atoms with Crippen LogP contribution in [0.3, 0.4) is 0 Å². The highest BCUT2D eigenvalue weighted by Gasteiger charge is 2.21. The standard InChI is InChI=1S/C17H24FN5OS/c1-11(2)19-15(24)10-25-17-21-20-16(12(3)22(4)5)23(17)14-8-6-13(18)7-9-14/h6-9,11-12H,10H2,1-5H3,(H,19,24)/t12-/m0/s1. The second-order valence-electron chi connectivity index (χ2n) is 6.30. The smallest absolute Gasteiger partial charge is 0.230 e. The van der Waals surface area contributed by atoms with Crippen LogP contribution in [-0.2, 0) is 4.79 Å². The zero-order valence-corrected chi connectivity index (χ0v) is 16.0. The minimum atomic E-state index is -0.301. The van der Waals surface area contributed by atoms with Gasteiger partial charge in [-0.05, 0) is 59.1 Å². The van der Waals surface area contributed by atoms with Gasteiger partial charge in [0.2, 0.25) is 5.91 Å². The molecule has 0 spiro atoms. The largest absolute Gasteiger partial charge is 0.353 e. The zero-order valence-electron chi connectivity index (χ0n) is 15.2. The maximum absolute atomic E-state index is 13.3. The Morgan fingerprint density at radius 2 is 1.88 bits per heavy atom. The Kier molecular flexibility index (Phi) is 6.55. The van der Waals surface area contributed by atoms with Crippen molar-refractivity contribution in [2.75, 3.05) is 19.8 Å². The van der Waals surface area contributed by atoms with Crippen LogP contribution in [0, 0.1) is 5.82 Å². The lowest BCUT2D eigenvalue weighted by Crippen LogP contribution is -2.31. The van der Waals surface area contributed by atoms with Crippen LogP contribution in [0.5, 0.6) is 0 Å². The van der Waals surface area contributed by atoms with Crippen LogP contribution in [0.2, 0.25) is 0 Å². The molecule has 0 fully saturated rings. The molecule has 0 radical (unpaired) electrons. The highest BCUT2D eigenvalue weighted by atomic mass is 32.2. The van der Waals surface area contributed by atoms with E-state index in [0.29, 0.717) is 5.16 Å². The molecule has 2 aromatic rings. The molecule has 0 unspecified atom stereocenters. The van der Waals surface area contributed by atoms with E-state index in [1.807, 2.05) is 44.3 Å². The highest BCUT2D eigenvalue weighted by Crippen LogP contribution is 2.26. The summed E-state index contributed by atoms with van der Waals surface area (Å²) >= 11 is 1.31. The van der Waals surface area contributed by atoms with Crippen molar-refractivity contribution >= 4 is 17.7 Å². The summed E-state index contributed by atoms with van der Waals surface area (Å²) in [7, 11) is 3.91. The van der Waals surface area contributed by atoms with Crippen LogP contribution < -0.4 is 5.32 Å². The van der Waals surface area contributed by atoms with Gasteiger partial charge in [0.25, 0.3) is 0 Å². The molecule has 0 bridgehead atoms. The Bertz CT molecular complexity index is 714. The maximum atomic E-state index is 13.3. The predicted molar refractivity (Wildman–Crippen MR) is 97.4 cm³/mol. The number of amides is 1. The predicted octanol–water partition coefficient (Wildman–Crippen LogP) is 2.65. The first kappa shape index (κ1) is 19.4. The molecule has 1 amide bonds. The highest BCUT2D eigenvalue weighted by molar-refractivity contribution is 7.99. The van der Waals surface area contributed by atoms with E-state index in [9.17, 15) is 9.18 Å². The van der Waals surface area contributed by atoms with Gasteiger partial charge in [0, 0.05) is 11.7 Å². The molecule has 6 nitrogen and oxygen atoms in total. The molecule has 1 N–H and O–H groups in total. The second kappa shape index (κ2) is 8.44. The van der Waals surface area contributed by atoms with Crippen molar-refractivity contribution < 1.29 is 9.18 Å². The van der Waals surface area contributed by atoms with Gasteiger partial charge in [-0.2, -0.15) is 0 Å². The Morgan fingerprint density at radius 1 is 1.24 bits per heavy atom. The van der Waals surface area contributed by atoms with E-state index in [0.717, 1.165) is 11.5 Å². The second-order valence-corrected chi connectivity index (χ2v) is 7.25. The summed E-state index contributed by atoms with van der Waals surface area (Å²) in [5.41, 5.74) is 0.766. The van der Waals surface area contributed by atoms with Crippen LogP contribution in [-0.4, -0.2) is 51.5 Å². The topological polar surface area (TPSA) is 63.1 Å². The van der Waals surface area contributed by atoms with E-state index in [4.69, 9.17) is 0 Å². The van der Waals surface area contributed by atoms with Gasteiger partial charge in [-0.3, -0.25) is 14.3 Å². The molecule has 25 heavy (non-hydrogen) atoms. The third kappa shape index (κ3) is 5.02. The van der Waals surface area contributed by atoms with Crippen LogP contribution in [0.1, 0.15) is 32.6 Å². The summed E-state index contributed by atoms with van der Waals surface area (Å²) < 4.78 is 15.2. The third-order valence-corrected chi connectivity index (χ3v) is 4.60. The van der Waals surface area contributed by atoms with Crippen molar-refractivity contribution in [3.05, 3.63) is 35.9 Å². The van der Waals surface area contributed by atoms with Gasteiger partial charge in [-0.1, -0.05) is 11.8 Å². The number of carbonyl (C=O) groups excluding carboxylic acids is 1. The normalized spacial score (nSPS) is 12.6. The van der Waals surface area contributed by atoms with Gasteiger partial charge >= 0.3 is 0 Å². The summed E-state index contributed by atoms with van der Waals surface area (Å²) in [6, 6.07) is 6.27. The lowest BCUT2D eigenvalue weighted by Gasteiger charge is -2.20. The Labute approximate surface area is 151 Å². The summed E-state index contributed by atoms with van der Waals surface area (Å²) in [4.78, 5) is 13.9. The van der Waals surface area contributed by atoms with Crippen LogP contribution in [0.25, 0.3) is 5.69 Å². The first-order valence-corrected chi connectivity index (χ1v) is 9.08. The summed E-state index contributed by atoms with van der Waals surface area (Å²) in [5.74, 6) is 0.622. The van der Waals surface area contributed by atoms with E-state index >= 15 is 0 Å². The Morgan fingerprint density at radius 3 is 2.44 bits per heavy atom. The van der Waals surface area contributed by atoms with Gasteiger partial charge in [0.1, 0.15) is 5.82 Å². The van der Waals surface area contributed by atoms with Gasteiger partial charge in [-0.15, -0.1) is 10.2 Å². The quantitative estimate of drug-likeness (QED) is 0.764. The summed E-state index contributed by atoms with van der Waals surface area (Å²) in [6.07, 6.45) is 0. The SMILES string of the molecule is CC(C)NC(=O)CSc1nnc([C@H](C)N(C)C)n1-c1ccc(F)cc1. The first-order chi connectivity index (χ1) is 11.8. The van der Waals surface area contributed by atoms with E-state index in [1.54, 1.807) is 12.1 Å². The molecule has 1 heterocycles. The van der Waals surface area contributed by atoms with Crippen LogP contribution in [0.4, 0.5) is 4.39 Å². The fourth-order valence-corrected chi connectivity index (χ4v) is 2.97. The molecule has 0 aliphatic rings. The van der Waals surface area contributed by atoms with E-state index in [1.165, 1.54) is 23.9 Å². The first-order valence-electron chi connectivity index (χ1n) is 8.09. The molecule has 136 valence electrons. The van der Waals surface area contributed by atoms with Crippen molar-refractivity contribution in [2.45, 2.75) is 38.0 Å². The number of aromatic nitrogens is 3. The van der Waals surface area contributed by atoms with Gasteiger partial charge in [0.15, 0.2) is 11.0 Å². The lowest BCUT2D eigenvalue weighted by molar-refractivity contribution is -0.119. The molecule has 0 aliphatic heterocycles. The number of nitrogens with one attached hydrogen (secondary N) is 1. The van der Waals surface area contributed by atoms with Crippen molar-refractivity contribution in [3.63, 3.8) is 0 Å². The van der Waals surface area contributed by atoms with Crippen molar-refractivity contribution in [3.8, 4) is 5.69 Å². The lowest BCUT2D eigenvalue weighted by atomic mass is 10.2. The molecule has 1 atom stereocenters. The number of carbonyl (C=O) groups is 1. The van der Waals surface area contributed by atoms with E-state index in [-0.39, 0.29) is 29.6 Å². The maximum Gasteiger partial charge on any atom is 0.230 e. The summed E-state index contributed by atoms with van der Waals surface area (Å²) in [5, 5.41) is 12.0. The van der Waals surface area contributed by atoms with E-state index < -0.39 is 0 Å². The number of hydrogen-bond donors (Lipinski definition) is 1. The molecule has 0 saturated carbocycles. The number of thioether (sulfide) groups is 1. The molecule has 0 aliphatic carbocycles. The minimum absolute atomic E-state index is 0.0105. The van der Waals surface area contributed by atoms with E-state index in [2.05, 4.69) is 15.5 Å². The third-order valence-electron chi connectivity index (χ3n) is 3.67. The number of hydrogen-bond acceptors (Lipinski definition) is 5. The van der Waals surface area contributed by atoms with Crippen LogP contribution >= 0.6 is 11.8 Å². The zero-order chi connectivity index (χ0) is 18.6. The monoisotopic (exact) mass is 365 g/mol. The van der Waals surface area contributed by atoms with Gasteiger partial charge in [0.05, 0.1) is 11.8 Å². The molecule has 1 aromatic carbocycles. The molecule has 0 saturated heterocycles. The molecular formula is C17H24FN5OS. The van der Waals surface area contributed by atoms with Crippen molar-refractivity contribution in [2.24, 2.45) is 0 Å². The molecule has 8 heteroatoms. The molecule has 2 rings (SSSR count). The average molecular weight is 365 g/mol. The Hall–Kier alpha value is -1.93. The fraction of sp³-hybridized carbons (Fsp3) is 0.471. The Balaban J connectivity index is 2.33. The van der Waals surface area contributed by atoms with Crippen molar-refractivity contribution in [1.29, 1.82) is 0 Å². The number of nitrogens with zero attached hydrogens (tertiary/aromatic N) is 4. The minimum Gasteiger partial charge on any atom is -0.353 e. The molecule has 1 aromatic heterocycles. The number of benzene rings is 1. The van der Waals surface area contributed by atoms with Gasteiger partial charge in [-0.25, -0.2) is 4.39 Å². The van der Waals surface area contributed by atoms with Gasteiger partial charge < -0.3 is 5.32 Å². The fourth-order valence-electron chi connectivity index (χ4n) is 2.20. The van der Waals surface area contributed by atoms with Crippen LogP contribution in [0.15, 0.2) is 29.4 Å². The van der Waals surface area contributed by atoms with Crippen molar-refractivity contribution in [1.82, 2.24) is 25.0 Å². The summed E-state index contributed by atoms with van der Waals surface area (Å²) in [6.45, 7) is 5.85. The number of halogens is 1. The average Bonchev–Trinajstić information content (AvgIpc) is 2.96. The molecular weight excluding hydrogens is 341 g/mol.